The van der Waals surface area contributed by atoms with Crippen molar-refractivity contribution >= 4 is 5.97 Å². The third kappa shape index (κ3) is 5.27. The van der Waals surface area contributed by atoms with Crippen LogP contribution >= 0.6 is 0 Å². The minimum atomic E-state index is -0.769. The summed E-state index contributed by atoms with van der Waals surface area (Å²) in [5.74, 6) is -1.22. The van der Waals surface area contributed by atoms with E-state index >= 15 is 0 Å². The molecule has 0 saturated heterocycles. The lowest BCUT2D eigenvalue weighted by atomic mass is 9.98. The van der Waals surface area contributed by atoms with Crippen LogP contribution in [0.2, 0.25) is 0 Å². The zero-order chi connectivity index (χ0) is 14.9. The van der Waals surface area contributed by atoms with Crippen LogP contribution in [0.25, 0.3) is 0 Å². The summed E-state index contributed by atoms with van der Waals surface area (Å²) in [4.78, 5) is 11.3. The smallest absolute Gasteiger partial charge is 0.310 e. The lowest BCUT2D eigenvalue weighted by Crippen LogP contribution is -2.13. The molecule has 0 amide bonds. The second kappa shape index (κ2) is 8.05. The average Bonchev–Trinajstić information content (AvgIpc) is 2.52. The van der Waals surface area contributed by atoms with E-state index in [-0.39, 0.29) is 0 Å². The number of hydrogen-bond donors (Lipinski definition) is 1. The van der Waals surface area contributed by atoms with Gasteiger partial charge in [0.25, 0.3) is 0 Å². The summed E-state index contributed by atoms with van der Waals surface area (Å²) in [6, 6.07) is 20.0. The van der Waals surface area contributed by atoms with Gasteiger partial charge in [0.05, 0.1) is 5.92 Å². The van der Waals surface area contributed by atoms with Gasteiger partial charge in [-0.1, -0.05) is 72.8 Å². The van der Waals surface area contributed by atoms with Gasteiger partial charge in [-0.3, -0.25) is 4.79 Å². The average molecular weight is 280 g/mol. The molecule has 0 spiro atoms. The van der Waals surface area contributed by atoms with Gasteiger partial charge in [-0.05, 0) is 30.4 Å². The highest BCUT2D eigenvalue weighted by Crippen LogP contribution is 2.12. The second-order valence-electron chi connectivity index (χ2n) is 5.09. The van der Waals surface area contributed by atoms with Gasteiger partial charge in [-0.25, -0.2) is 0 Å². The van der Waals surface area contributed by atoms with Crippen LogP contribution in [0.15, 0.2) is 72.8 Å². The number of carboxylic acids is 1. The number of benzene rings is 2. The minimum Gasteiger partial charge on any atom is -0.481 e. The van der Waals surface area contributed by atoms with Crippen molar-refractivity contribution < 1.29 is 9.90 Å². The first-order valence-corrected chi connectivity index (χ1v) is 7.23. The van der Waals surface area contributed by atoms with Crippen LogP contribution in [0.1, 0.15) is 17.5 Å². The van der Waals surface area contributed by atoms with Crippen LogP contribution < -0.4 is 0 Å². The molecular formula is C19H20O2. The van der Waals surface area contributed by atoms with E-state index in [4.69, 9.17) is 0 Å². The first kappa shape index (κ1) is 15.0. The molecule has 0 radical (unpaired) electrons. The molecular weight excluding hydrogens is 260 g/mol. The van der Waals surface area contributed by atoms with Crippen molar-refractivity contribution in [2.45, 2.75) is 19.3 Å². The van der Waals surface area contributed by atoms with Gasteiger partial charge >= 0.3 is 5.97 Å². The summed E-state index contributed by atoms with van der Waals surface area (Å²) in [6.07, 6.45) is 6.14. The topological polar surface area (TPSA) is 37.3 Å². The van der Waals surface area contributed by atoms with E-state index in [1.807, 2.05) is 60.7 Å². The summed E-state index contributed by atoms with van der Waals surface area (Å²) in [5, 5.41) is 9.30. The molecule has 1 unspecified atom stereocenters. The van der Waals surface area contributed by atoms with Crippen molar-refractivity contribution in [3.05, 3.63) is 83.9 Å². The van der Waals surface area contributed by atoms with Crippen LogP contribution in [0.3, 0.4) is 0 Å². The summed E-state index contributed by atoms with van der Waals surface area (Å²) >= 11 is 0. The van der Waals surface area contributed by atoms with E-state index in [9.17, 15) is 9.90 Å². The second-order valence-corrected chi connectivity index (χ2v) is 5.09. The van der Waals surface area contributed by atoms with Crippen molar-refractivity contribution in [3.63, 3.8) is 0 Å². The Kier molecular flexibility index (Phi) is 5.77. The molecule has 2 aromatic carbocycles. The highest BCUT2D eigenvalue weighted by Gasteiger charge is 2.13. The third-order valence-corrected chi connectivity index (χ3v) is 3.43. The number of allylic oxidation sites excluding steroid dienone is 1. The highest BCUT2D eigenvalue weighted by atomic mass is 16.4. The van der Waals surface area contributed by atoms with E-state index < -0.39 is 11.9 Å². The Morgan fingerprint density at radius 2 is 1.52 bits per heavy atom. The van der Waals surface area contributed by atoms with Crippen molar-refractivity contribution in [1.29, 1.82) is 0 Å². The first-order chi connectivity index (χ1) is 10.3. The Morgan fingerprint density at radius 1 is 0.952 bits per heavy atom. The number of aliphatic carboxylic acids is 1. The maximum Gasteiger partial charge on any atom is 0.310 e. The minimum absolute atomic E-state index is 0.455. The zero-order valence-corrected chi connectivity index (χ0v) is 12.0. The van der Waals surface area contributed by atoms with Crippen LogP contribution in [0.5, 0.6) is 0 Å². The monoisotopic (exact) mass is 280 g/mol. The molecule has 1 atom stereocenters. The number of carboxylic acid groups (broad SMARTS) is 1. The zero-order valence-electron chi connectivity index (χ0n) is 12.0. The number of carbonyl (C=O) groups is 1. The molecule has 0 aliphatic carbocycles. The van der Waals surface area contributed by atoms with Gasteiger partial charge in [0.2, 0.25) is 0 Å². The lowest BCUT2D eigenvalue weighted by molar-refractivity contribution is -0.140. The van der Waals surface area contributed by atoms with Crippen molar-refractivity contribution in [2.75, 3.05) is 0 Å². The fourth-order valence-electron chi connectivity index (χ4n) is 2.26. The molecule has 1 N–H and O–H groups in total. The fraction of sp³-hybridized carbons (Fsp3) is 0.211. The lowest BCUT2D eigenvalue weighted by Gasteiger charge is -2.07. The van der Waals surface area contributed by atoms with E-state index in [1.54, 1.807) is 0 Å². The summed E-state index contributed by atoms with van der Waals surface area (Å²) < 4.78 is 0. The molecule has 0 aliphatic rings. The quantitative estimate of drug-likeness (QED) is 0.775. The molecule has 0 bridgehead atoms. The molecule has 108 valence electrons. The van der Waals surface area contributed by atoms with Crippen molar-refractivity contribution in [1.82, 2.24) is 0 Å². The molecule has 0 heterocycles. The molecule has 0 fully saturated rings. The van der Waals surface area contributed by atoms with E-state index in [2.05, 4.69) is 12.1 Å². The van der Waals surface area contributed by atoms with Gasteiger partial charge < -0.3 is 5.11 Å². The van der Waals surface area contributed by atoms with Gasteiger partial charge in [-0.2, -0.15) is 0 Å². The SMILES string of the molecule is O=C(O)C(/C=C/CCc1ccccc1)Cc1ccccc1. The first-order valence-electron chi connectivity index (χ1n) is 7.23. The highest BCUT2D eigenvalue weighted by molar-refractivity contribution is 5.72. The fourth-order valence-corrected chi connectivity index (χ4v) is 2.26. The molecule has 2 nitrogen and oxygen atoms in total. The van der Waals surface area contributed by atoms with E-state index in [0.29, 0.717) is 6.42 Å². The Morgan fingerprint density at radius 3 is 2.10 bits per heavy atom. The standard InChI is InChI=1S/C19H20O2/c20-19(21)18(15-17-12-5-2-6-13-17)14-8-7-11-16-9-3-1-4-10-16/h1-6,8-10,12-14,18H,7,11,15H2,(H,20,21)/b14-8+. The van der Waals surface area contributed by atoms with E-state index in [1.165, 1.54) is 5.56 Å². The predicted molar refractivity (Wildman–Crippen MR) is 85.2 cm³/mol. The van der Waals surface area contributed by atoms with Crippen molar-refractivity contribution in [3.8, 4) is 0 Å². The Hall–Kier alpha value is -2.35. The van der Waals surface area contributed by atoms with E-state index in [0.717, 1.165) is 18.4 Å². The molecule has 2 heteroatoms. The molecule has 2 rings (SSSR count). The molecule has 0 aliphatic heterocycles. The molecule has 0 aromatic heterocycles. The van der Waals surface area contributed by atoms with Crippen LogP contribution in [-0.4, -0.2) is 11.1 Å². The molecule has 21 heavy (non-hydrogen) atoms. The number of rotatable bonds is 7. The van der Waals surface area contributed by atoms with Crippen LogP contribution in [0.4, 0.5) is 0 Å². The van der Waals surface area contributed by atoms with Gasteiger partial charge in [-0.15, -0.1) is 0 Å². The molecule has 0 saturated carbocycles. The Balaban J connectivity index is 1.88. The number of aryl methyl sites for hydroxylation is 1. The Bertz CT molecular complexity index is 573. The maximum absolute atomic E-state index is 11.3. The Labute approximate surface area is 125 Å². The van der Waals surface area contributed by atoms with Gasteiger partial charge in [0.15, 0.2) is 0 Å². The summed E-state index contributed by atoms with van der Waals surface area (Å²) in [5.41, 5.74) is 2.33. The maximum atomic E-state index is 11.3. The van der Waals surface area contributed by atoms with Gasteiger partial charge in [0.1, 0.15) is 0 Å². The van der Waals surface area contributed by atoms with Gasteiger partial charge in [0, 0.05) is 0 Å². The normalized spacial score (nSPS) is 12.4. The third-order valence-electron chi connectivity index (χ3n) is 3.43. The number of hydrogen-bond acceptors (Lipinski definition) is 1. The largest absolute Gasteiger partial charge is 0.481 e. The van der Waals surface area contributed by atoms with Crippen LogP contribution in [0, 0.1) is 5.92 Å². The summed E-state index contributed by atoms with van der Waals surface area (Å²) in [7, 11) is 0. The van der Waals surface area contributed by atoms with Crippen LogP contribution in [-0.2, 0) is 17.6 Å². The predicted octanol–water partition coefficient (Wildman–Crippen LogP) is 4.12. The summed E-state index contributed by atoms with van der Waals surface area (Å²) in [6.45, 7) is 0. The van der Waals surface area contributed by atoms with Crippen molar-refractivity contribution in [2.24, 2.45) is 5.92 Å². The molecule has 2 aromatic rings.